The molecule has 20 heavy (non-hydrogen) atoms. The van der Waals surface area contributed by atoms with Crippen molar-refractivity contribution < 1.29 is 23.0 Å². The van der Waals surface area contributed by atoms with Gasteiger partial charge >= 0.3 is 6.36 Å². The molecule has 1 aromatic carbocycles. The van der Waals surface area contributed by atoms with Gasteiger partial charge in [0.1, 0.15) is 17.7 Å². The highest BCUT2D eigenvalue weighted by Gasteiger charge is 2.31. The number of halogens is 3. The van der Waals surface area contributed by atoms with Crippen LogP contribution in [-0.4, -0.2) is 16.5 Å². The van der Waals surface area contributed by atoms with Crippen molar-refractivity contribution in [2.45, 2.75) is 12.5 Å². The van der Waals surface area contributed by atoms with E-state index in [0.29, 0.717) is 5.56 Å². The lowest BCUT2D eigenvalue weighted by atomic mass is 10.0. The van der Waals surface area contributed by atoms with E-state index in [2.05, 4.69) is 9.72 Å². The summed E-state index contributed by atoms with van der Waals surface area (Å²) in [5, 5.41) is 10.1. The van der Waals surface area contributed by atoms with E-state index < -0.39 is 18.2 Å². The van der Waals surface area contributed by atoms with E-state index in [1.165, 1.54) is 18.3 Å². The van der Waals surface area contributed by atoms with Crippen LogP contribution < -0.4 is 10.5 Å². The van der Waals surface area contributed by atoms with Crippen molar-refractivity contribution in [1.82, 2.24) is 4.98 Å². The molecular weight excluding hydrogens is 273 g/mol. The number of rotatable bonds is 3. The van der Waals surface area contributed by atoms with E-state index in [1.54, 1.807) is 12.1 Å². The monoisotopic (exact) mass is 284 g/mol. The summed E-state index contributed by atoms with van der Waals surface area (Å²) in [6.07, 6.45) is -4.51. The average molecular weight is 284 g/mol. The summed E-state index contributed by atoms with van der Waals surface area (Å²) in [4.78, 5) is 3.81. The third kappa shape index (κ3) is 3.39. The van der Waals surface area contributed by atoms with E-state index in [1.807, 2.05) is 0 Å². The number of benzene rings is 1. The number of nitrogens with zero attached hydrogens (tertiary/aromatic N) is 1. The van der Waals surface area contributed by atoms with Crippen LogP contribution in [0.2, 0.25) is 0 Å². The quantitative estimate of drug-likeness (QED) is 0.909. The van der Waals surface area contributed by atoms with Gasteiger partial charge in [-0.2, -0.15) is 0 Å². The third-order valence-corrected chi connectivity index (χ3v) is 2.57. The van der Waals surface area contributed by atoms with Crippen LogP contribution >= 0.6 is 0 Å². The molecule has 1 unspecified atom stereocenters. The van der Waals surface area contributed by atoms with Gasteiger partial charge in [0.05, 0.1) is 0 Å². The maximum Gasteiger partial charge on any atom is 0.573 e. The van der Waals surface area contributed by atoms with Crippen molar-refractivity contribution in [1.29, 1.82) is 0 Å². The van der Waals surface area contributed by atoms with Crippen LogP contribution in [0.4, 0.5) is 19.0 Å². The fraction of sp³-hybridized carbons (Fsp3) is 0.154. The van der Waals surface area contributed by atoms with Crippen LogP contribution in [0.25, 0.3) is 0 Å². The summed E-state index contributed by atoms with van der Waals surface area (Å²) < 4.78 is 40.2. The van der Waals surface area contributed by atoms with E-state index in [0.717, 1.165) is 12.1 Å². The molecule has 1 heterocycles. The molecule has 0 radical (unpaired) electrons. The van der Waals surface area contributed by atoms with Gasteiger partial charge in [-0.25, -0.2) is 4.98 Å². The number of anilines is 1. The average Bonchev–Trinajstić information content (AvgIpc) is 2.37. The van der Waals surface area contributed by atoms with Gasteiger partial charge < -0.3 is 15.6 Å². The first-order chi connectivity index (χ1) is 9.37. The minimum absolute atomic E-state index is 0.113. The number of nitrogens with two attached hydrogens (primary N) is 1. The Kier molecular flexibility index (Phi) is 3.80. The van der Waals surface area contributed by atoms with Gasteiger partial charge in [-0.05, 0) is 23.8 Å². The smallest absolute Gasteiger partial charge is 0.406 e. The van der Waals surface area contributed by atoms with Crippen LogP contribution in [0.3, 0.4) is 0 Å². The fourth-order valence-electron chi connectivity index (χ4n) is 1.72. The van der Waals surface area contributed by atoms with Crippen molar-refractivity contribution in [3.8, 4) is 5.75 Å². The minimum Gasteiger partial charge on any atom is -0.406 e. The highest BCUT2D eigenvalue weighted by molar-refractivity contribution is 5.45. The first-order valence-corrected chi connectivity index (χ1v) is 5.61. The van der Waals surface area contributed by atoms with Gasteiger partial charge in [0, 0.05) is 11.8 Å². The minimum atomic E-state index is -4.78. The molecule has 7 heteroatoms. The first-order valence-electron chi connectivity index (χ1n) is 5.61. The van der Waals surface area contributed by atoms with E-state index in [9.17, 15) is 18.3 Å². The molecule has 0 saturated carbocycles. The molecule has 0 fully saturated rings. The molecule has 2 aromatic rings. The summed E-state index contributed by atoms with van der Waals surface area (Å²) in [6.45, 7) is 0. The number of alkyl halides is 3. The molecule has 106 valence electrons. The van der Waals surface area contributed by atoms with Crippen LogP contribution in [0.1, 0.15) is 17.2 Å². The predicted molar refractivity (Wildman–Crippen MR) is 65.8 cm³/mol. The second kappa shape index (κ2) is 5.38. The van der Waals surface area contributed by atoms with Gasteiger partial charge in [-0.15, -0.1) is 13.2 Å². The first kappa shape index (κ1) is 14.1. The lowest BCUT2D eigenvalue weighted by Gasteiger charge is -2.15. The van der Waals surface area contributed by atoms with E-state index in [-0.39, 0.29) is 11.4 Å². The SMILES string of the molecule is Nc1ncccc1C(O)c1cccc(OC(F)(F)F)c1. The normalized spacial score (nSPS) is 13.0. The molecule has 3 N–H and O–H groups in total. The van der Waals surface area contributed by atoms with Gasteiger partial charge in [-0.3, -0.25) is 0 Å². The zero-order valence-corrected chi connectivity index (χ0v) is 10.1. The molecule has 0 aliphatic carbocycles. The maximum atomic E-state index is 12.1. The third-order valence-electron chi connectivity index (χ3n) is 2.57. The largest absolute Gasteiger partial charge is 0.573 e. The van der Waals surface area contributed by atoms with Gasteiger partial charge in [0.2, 0.25) is 0 Å². The molecule has 0 amide bonds. The molecule has 0 saturated heterocycles. The predicted octanol–water partition coefficient (Wildman–Crippen LogP) is 2.64. The number of aromatic nitrogens is 1. The van der Waals surface area contributed by atoms with Crippen molar-refractivity contribution in [3.05, 3.63) is 53.7 Å². The highest BCUT2D eigenvalue weighted by Crippen LogP contribution is 2.29. The standard InChI is InChI=1S/C13H11F3N2O2/c14-13(15,16)20-9-4-1-3-8(7-9)11(19)10-5-2-6-18-12(10)17/h1-7,11,19H,(H2,17,18). The molecule has 1 aromatic heterocycles. The Labute approximate surface area is 112 Å². The summed E-state index contributed by atoms with van der Waals surface area (Å²) in [6, 6.07) is 8.20. The Morgan fingerprint density at radius 1 is 1.20 bits per heavy atom. The summed E-state index contributed by atoms with van der Waals surface area (Å²) in [5.74, 6) is -0.293. The number of ether oxygens (including phenoxy) is 1. The fourth-order valence-corrected chi connectivity index (χ4v) is 1.72. The van der Waals surface area contributed by atoms with Gasteiger partial charge in [0.25, 0.3) is 0 Å². The molecule has 4 nitrogen and oxygen atoms in total. The van der Waals surface area contributed by atoms with Crippen molar-refractivity contribution in [2.24, 2.45) is 0 Å². The van der Waals surface area contributed by atoms with Crippen LogP contribution in [0.15, 0.2) is 42.6 Å². The molecule has 1 atom stereocenters. The van der Waals surface area contributed by atoms with Gasteiger partial charge in [0.15, 0.2) is 0 Å². The Morgan fingerprint density at radius 3 is 2.60 bits per heavy atom. The number of nitrogen functional groups attached to an aromatic ring is 1. The van der Waals surface area contributed by atoms with E-state index >= 15 is 0 Å². The van der Waals surface area contributed by atoms with Gasteiger partial charge in [-0.1, -0.05) is 18.2 Å². The number of pyridine rings is 1. The van der Waals surface area contributed by atoms with Crippen LogP contribution in [-0.2, 0) is 0 Å². The van der Waals surface area contributed by atoms with Crippen molar-refractivity contribution >= 4 is 5.82 Å². The molecule has 0 aliphatic rings. The summed E-state index contributed by atoms with van der Waals surface area (Å²) >= 11 is 0. The van der Waals surface area contributed by atoms with Crippen molar-refractivity contribution in [2.75, 3.05) is 5.73 Å². The summed E-state index contributed by atoms with van der Waals surface area (Å²) in [7, 11) is 0. The summed E-state index contributed by atoms with van der Waals surface area (Å²) in [5.41, 5.74) is 6.16. The molecule has 0 spiro atoms. The zero-order chi connectivity index (χ0) is 14.8. The number of aliphatic hydroxyl groups excluding tert-OH is 1. The maximum absolute atomic E-state index is 12.1. The number of hydrogen-bond donors (Lipinski definition) is 2. The van der Waals surface area contributed by atoms with Crippen molar-refractivity contribution in [3.63, 3.8) is 0 Å². The Balaban J connectivity index is 2.29. The second-order valence-corrected chi connectivity index (χ2v) is 4.00. The topological polar surface area (TPSA) is 68.4 Å². The second-order valence-electron chi connectivity index (χ2n) is 4.00. The zero-order valence-electron chi connectivity index (χ0n) is 10.1. The Bertz CT molecular complexity index is 602. The van der Waals surface area contributed by atoms with Crippen LogP contribution in [0, 0.1) is 0 Å². The number of aliphatic hydroxyl groups is 1. The Hall–Kier alpha value is -2.28. The van der Waals surface area contributed by atoms with E-state index in [4.69, 9.17) is 5.73 Å². The number of hydrogen-bond acceptors (Lipinski definition) is 4. The lowest BCUT2D eigenvalue weighted by molar-refractivity contribution is -0.274. The lowest BCUT2D eigenvalue weighted by Crippen LogP contribution is -2.17. The molecule has 0 bridgehead atoms. The van der Waals surface area contributed by atoms with Crippen LogP contribution in [0.5, 0.6) is 5.75 Å². The molecule has 2 rings (SSSR count). The Morgan fingerprint density at radius 2 is 1.95 bits per heavy atom. The highest BCUT2D eigenvalue weighted by atomic mass is 19.4. The molecule has 0 aliphatic heterocycles. The molecular formula is C13H11F3N2O2.